The van der Waals surface area contributed by atoms with Crippen LogP contribution in [0.4, 0.5) is 0 Å². The Kier molecular flexibility index (Phi) is 5.26. The van der Waals surface area contributed by atoms with Crippen LogP contribution >= 0.6 is 0 Å². The molecule has 3 nitrogen and oxygen atoms in total. The van der Waals surface area contributed by atoms with Crippen LogP contribution in [0, 0.1) is 5.92 Å². The van der Waals surface area contributed by atoms with E-state index in [2.05, 4.69) is 17.3 Å². The van der Waals surface area contributed by atoms with Crippen molar-refractivity contribution in [1.82, 2.24) is 10.2 Å². The summed E-state index contributed by atoms with van der Waals surface area (Å²) >= 11 is 0. The van der Waals surface area contributed by atoms with E-state index in [0.29, 0.717) is 0 Å². The van der Waals surface area contributed by atoms with E-state index in [0.717, 1.165) is 37.9 Å². The Morgan fingerprint density at radius 3 is 2.53 bits per heavy atom. The number of nitrogens with one attached hydrogen (secondary N) is 1. The molecule has 0 bridgehead atoms. The zero-order valence-corrected chi connectivity index (χ0v) is 11.2. The minimum absolute atomic E-state index is 0.0178. The Labute approximate surface area is 106 Å². The zero-order valence-electron chi connectivity index (χ0n) is 11.2. The first-order valence-electron chi connectivity index (χ1n) is 7.34. The largest absolute Gasteiger partial charge is 0.393 e. The second-order valence-electron chi connectivity index (χ2n) is 5.96. The molecule has 17 heavy (non-hydrogen) atoms. The van der Waals surface area contributed by atoms with Gasteiger partial charge >= 0.3 is 0 Å². The summed E-state index contributed by atoms with van der Waals surface area (Å²) in [6.45, 7) is 3.56. The number of hydrogen-bond donors (Lipinski definition) is 2. The number of nitrogens with zero attached hydrogens (tertiary/aromatic N) is 1. The summed E-state index contributed by atoms with van der Waals surface area (Å²) in [6, 6.07) is 0.748. The maximum absolute atomic E-state index is 9.46. The molecule has 0 spiro atoms. The third kappa shape index (κ3) is 4.23. The van der Waals surface area contributed by atoms with Crippen LogP contribution < -0.4 is 5.32 Å². The van der Waals surface area contributed by atoms with Crippen LogP contribution in [0.25, 0.3) is 0 Å². The van der Waals surface area contributed by atoms with Gasteiger partial charge in [-0.3, -0.25) is 0 Å². The van der Waals surface area contributed by atoms with Crippen molar-refractivity contribution in [3.8, 4) is 0 Å². The van der Waals surface area contributed by atoms with Gasteiger partial charge in [0, 0.05) is 12.6 Å². The molecule has 2 N–H and O–H groups in total. The predicted octanol–water partition coefficient (Wildman–Crippen LogP) is 1.61. The summed E-state index contributed by atoms with van der Waals surface area (Å²) in [5, 5.41) is 13.1. The molecule has 3 heteroatoms. The third-order valence-electron chi connectivity index (χ3n) is 4.55. The van der Waals surface area contributed by atoms with Crippen molar-refractivity contribution in [2.45, 2.75) is 57.1 Å². The van der Waals surface area contributed by atoms with Crippen LogP contribution in [0.5, 0.6) is 0 Å². The Morgan fingerprint density at radius 1 is 1.06 bits per heavy atom. The highest BCUT2D eigenvalue weighted by Crippen LogP contribution is 2.23. The second kappa shape index (κ2) is 6.72. The molecule has 2 rings (SSSR count). The van der Waals surface area contributed by atoms with Crippen molar-refractivity contribution < 1.29 is 5.11 Å². The van der Waals surface area contributed by atoms with Gasteiger partial charge in [0.1, 0.15) is 0 Å². The van der Waals surface area contributed by atoms with Gasteiger partial charge in [-0.25, -0.2) is 0 Å². The van der Waals surface area contributed by atoms with Crippen LogP contribution in [0.2, 0.25) is 0 Å². The Hall–Kier alpha value is -0.120. The molecule has 1 saturated heterocycles. The van der Waals surface area contributed by atoms with E-state index in [1.54, 1.807) is 0 Å². The minimum atomic E-state index is -0.0178. The molecule has 2 aliphatic rings. The van der Waals surface area contributed by atoms with Gasteiger partial charge in [0.2, 0.25) is 0 Å². The van der Waals surface area contributed by atoms with E-state index in [1.165, 1.54) is 38.6 Å². The van der Waals surface area contributed by atoms with Crippen molar-refractivity contribution in [3.63, 3.8) is 0 Å². The summed E-state index contributed by atoms with van der Waals surface area (Å²) in [5.74, 6) is 0.798. The first kappa shape index (κ1) is 13.3. The van der Waals surface area contributed by atoms with Gasteiger partial charge in [-0.2, -0.15) is 0 Å². The maximum Gasteiger partial charge on any atom is 0.0540 e. The predicted molar refractivity (Wildman–Crippen MR) is 71.1 cm³/mol. The molecule has 1 aliphatic carbocycles. The summed E-state index contributed by atoms with van der Waals surface area (Å²) in [7, 11) is 2.25. The van der Waals surface area contributed by atoms with Crippen molar-refractivity contribution in [3.05, 3.63) is 0 Å². The van der Waals surface area contributed by atoms with Crippen LogP contribution in [0.15, 0.2) is 0 Å². The van der Waals surface area contributed by atoms with Crippen LogP contribution in [0.1, 0.15) is 44.9 Å². The lowest BCUT2D eigenvalue weighted by molar-refractivity contribution is 0.107. The van der Waals surface area contributed by atoms with Gasteiger partial charge in [0.25, 0.3) is 0 Å². The molecule has 0 aromatic rings. The summed E-state index contributed by atoms with van der Waals surface area (Å²) in [4.78, 5) is 2.50. The molecular formula is C14H28N2O. The van der Waals surface area contributed by atoms with Gasteiger partial charge in [-0.1, -0.05) is 6.42 Å². The van der Waals surface area contributed by atoms with E-state index < -0.39 is 0 Å². The molecular weight excluding hydrogens is 212 g/mol. The highest BCUT2D eigenvalue weighted by Gasteiger charge is 2.21. The Morgan fingerprint density at radius 2 is 1.82 bits per heavy atom. The van der Waals surface area contributed by atoms with Crippen LogP contribution in [0.3, 0.4) is 0 Å². The molecule has 1 unspecified atom stereocenters. The van der Waals surface area contributed by atoms with Crippen molar-refractivity contribution >= 4 is 0 Å². The van der Waals surface area contributed by atoms with Gasteiger partial charge in [0.05, 0.1) is 6.10 Å². The second-order valence-corrected chi connectivity index (χ2v) is 5.96. The molecule has 1 atom stereocenters. The van der Waals surface area contributed by atoms with E-state index in [4.69, 9.17) is 0 Å². The number of likely N-dealkylation sites (tertiary alicyclic amines) is 1. The summed E-state index contributed by atoms with van der Waals surface area (Å²) in [6.07, 6.45) is 8.53. The molecule has 1 heterocycles. The number of hydrogen-bond acceptors (Lipinski definition) is 3. The molecule has 0 aromatic carbocycles. The molecule has 100 valence electrons. The zero-order chi connectivity index (χ0) is 12.1. The molecule has 2 fully saturated rings. The van der Waals surface area contributed by atoms with E-state index in [9.17, 15) is 5.11 Å². The molecule has 0 aromatic heterocycles. The first-order valence-corrected chi connectivity index (χ1v) is 7.34. The number of piperidine rings is 1. The monoisotopic (exact) mass is 240 g/mol. The van der Waals surface area contributed by atoms with Crippen molar-refractivity contribution in [2.75, 3.05) is 26.7 Å². The molecule has 0 amide bonds. The van der Waals surface area contributed by atoms with Gasteiger partial charge in [0.15, 0.2) is 0 Å². The molecule has 0 radical (unpaired) electrons. The summed E-state index contributed by atoms with van der Waals surface area (Å²) in [5.41, 5.74) is 0. The van der Waals surface area contributed by atoms with Crippen LogP contribution in [-0.2, 0) is 0 Å². The highest BCUT2D eigenvalue weighted by molar-refractivity contribution is 4.78. The lowest BCUT2D eigenvalue weighted by atomic mass is 9.87. The topological polar surface area (TPSA) is 35.5 Å². The highest BCUT2D eigenvalue weighted by atomic mass is 16.3. The first-order chi connectivity index (χ1) is 8.25. The summed E-state index contributed by atoms with van der Waals surface area (Å²) < 4.78 is 0. The number of likely N-dealkylation sites (N-methyl/N-ethyl adjacent to an activating group) is 1. The Bertz CT molecular complexity index is 214. The molecule has 1 saturated carbocycles. The van der Waals surface area contributed by atoms with Gasteiger partial charge < -0.3 is 15.3 Å². The van der Waals surface area contributed by atoms with Crippen molar-refractivity contribution in [1.29, 1.82) is 0 Å². The normalized spacial score (nSPS) is 36.0. The van der Waals surface area contributed by atoms with E-state index in [1.807, 2.05) is 0 Å². The van der Waals surface area contributed by atoms with Crippen molar-refractivity contribution in [2.24, 2.45) is 5.92 Å². The van der Waals surface area contributed by atoms with Gasteiger partial charge in [-0.05, 0) is 64.6 Å². The number of aliphatic hydroxyl groups is 1. The quantitative estimate of drug-likeness (QED) is 0.784. The van der Waals surface area contributed by atoms with E-state index in [-0.39, 0.29) is 6.10 Å². The van der Waals surface area contributed by atoms with E-state index >= 15 is 0 Å². The Balaban J connectivity index is 1.59. The lowest BCUT2D eigenvalue weighted by Crippen LogP contribution is -2.44. The van der Waals surface area contributed by atoms with Crippen LogP contribution in [-0.4, -0.2) is 48.8 Å². The average molecular weight is 240 g/mol. The lowest BCUT2D eigenvalue weighted by Gasteiger charge is -2.33. The fraction of sp³-hybridized carbons (Fsp3) is 1.00. The fourth-order valence-electron chi connectivity index (χ4n) is 3.21. The fourth-order valence-corrected chi connectivity index (χ4v) is 3.21. The maximum atomic E-state index is 9.46. The third-order valence-corrected chi connectivity index (χ3v) is 4.55. The average Bonchev–Trinajstić information content (AvgIpc) is 2.34. The minimum Gasteiger partial charge on any atom is -0.393 e. The number of aliphatic hydroxyl groups excluding tert-OH is 1. The number of rotatable bonds is 4. The SMILES string of the molecule is CN1CCCCC1CNCC1CCC(O)CC1. The smallest absolute Gasteiger partial charge is 0.0540 e. The molecule has 1 aliphatic heterocycles. The van der Waals surface area contributed by atoms with Gasteiger partial charge in [-0.15, -0.1) is 0 Å². The standard InChI is InChI=1S/C14H28N2O/c1-16-9-3-2-4-13(16)11-15-10-12-5-7-14(17)8-6-12/h12-15,17H,2-11H2,1H3.